The number of thiazole rings is 1. The summed E-state index contributed by atoms with van der Waals surface area (Å²) >= 11 is 1.02. The molecule has 0 bridgehead atoms. The molecule has 2 aromatic heterocycles. The van der Waals surface area contributed by atoms with Crippen molar-refractivity contribution in [3.8, 4) is 5.69 Å². The van der Waals surface area contributed by atoms with Gasteiger partial charge < -0.3 is 0 Å². The fraction of sp³-hybridized carbons (Fsp3) is 0.0769. The van der Waals surface area contributed by atoms with Gasteiger partial charge in [0.05, 0.1) is 16.9 Å². The molecule has 0 unspecified atom stereocenters. The summed E-state index contributed by atoms with van der Waals surface area (Å²) in [6.07, 6.45) is 4.37. The molecule has 0 aliphatic rings. The zero-order valence-electron chi connectivity index (χ0n) is 11.4. The number of halogens is 1. The van der Waals surface area contributed by atoms with Crippen LogP contribution in [0.25, 0.3) is 5.69 Å². The molecular weight excluding hydrogens is 327 g/mol. The number of para-hydroxylation sites is 1. The summed E-state index contributed by atoms with van der Waals surface area (Å²) in [4.78, 5) is 3.91. The van der Waals surface area contributed by atoms with E-state index in [1.165, 1.54) is 29.2 Å². The van der Waals surface area contributed by atoms with Gasteiger partial charge in [-0.3, -0.25) is 4.72 Å². The molecule has 1 aromatic carbocycles. The van der Waals surface area contributed by atoms with Crippen LogP contribution in [0.4, 0.5) is 10.1 Å². The van der Waals surface area contributed by atoms with Gasteiger partial charge in [0.2, 0.25) is 0 Å². The van der Waals surface area contributed by atoms with Crippen LogP contribution in [-0.2, 0) is 10.0 Å². The van der Waals surface area contributed by atoms with E-state index < -0.39 is 15.8 Å². The lowest BCUT2D eigenvalue weighted by Crippen LogP contribution is -2.15. The fourth-order valence-corrected chi connectivity index (χ4v) is 4.06. The number of nitrogens with one attached hydrogen (secondary N) is 1. The van der Waals surface area contributed by atoms with Gasteiger partial charge in [0.1, 0.15) is 11.5 Å². The van der Waals surface area contributed by atoms with Crippen LogP contribution in [0.1, 0.15) is 5.01 Å². The predicted octanol–water partition coefficient (Wildman–Crippen LogP) is 2.58. The van der Waals surface area contributed by atoms with Crippen LogP contribution in [0.3, 0.4) is 0 Å². The van der Waals surface area contributed by atoms with E-state index in [4.69, 9.17) is 0 Å². The molecule has 9 heteroatoms. The second-order valence-corrected chi connectivity index (χ2v) is 7.53. The molecular formula is C13H11FN4O2S2. The van der Waals surface area contributed by atoms with Crippen molar-refractivity contribution in [1.29, 1.82) is 0 Å². The summed E-state index contributed by atoms with van der Waals surface area (Å²) in [5.41, 5.74) is 0.145. The van der Waals surface area contributed by atoms with Crippen LogP contribution in [0.2, 0.25) is 0 Å². The van der Waals surface area contributed by atoms with E-state index >= 15 is 0 Å². The monoisotopic (exact) mass is 338 g/mol. The highest BCUT2D eigenvalue weighted by Crippen LogP contribution is 2.27. The van der Waals surface area contributed by atoms with Crippen molar-refractivity contribution >= 4 is 27.0 Å². The van der Waals surface area contributed by atoms with E-state index in [9.17, 15) is 12.8 Å². The van der Waals surface area contributed by atoms with E-state index in [-0.39, 0.29) is 9.90 Å². The first kappa shape index (κ1) is 14.7. The maximum Gasteiger partial charge on any atom is 0.273 e. The molecule has 3 aromatic rings. The van der Waals surface area contributed by atoms with Crippen molar-refractivity contribution in [2.75, 3.05) is 4.72 Å². The smallest absolute Gasteiger partial charge is 0.273 e. The molecule has 3 rings (SSSR count). The Balaban J connectivity index is 2.06. The lowest BCUT2D eigenvalue weighted by Gasteiger charge is -2.12. The van der Waals surface area contributed by atoms with Crippen LogP contribution >= 0.6 is 11.3 Å². The van der Waals surface area contributed by atoms with Crippen LogP contribution in [0.5, 0.6) is 0 Å². The van der Waals surface area contributed by atoms with Crippen LogP contribution < -0.4 is 4.72 Å². The molecule has 0 aliphatic carbocycles. The minimum Gasteiger partial charge on any atom is -0.274 e. The zero-order chi connectivity index (χ0) is 15.7. The highest BCUT2D eigenvalue weighted by molar-refractivity contribution is 7.94. The summed E-state index contributed by atoms with van der Waals surface area (Å²) in [6, 6.07) is 5.91. The first-order valence-electron chi connectivity index (χ1n) is 6.21. The van der Waals surface area contributed by atoms with Crippen LogP contribution in [0.15, 0.2) is 47.1 Å². The highest BCUT2D eigenvalue weighted by atomic mass is 32.2. The molecule has 0 fully saturated rings. The molecule has 6 nitrogen and oxygen atoms in total. The second kappa shape index (κ2) is 5.50. The number of aryl methyl sites for hydroxylation is 1. The number of hydrogen-bond donors (Lipinski definition) is 1. The average Bonchev–Trinajstić information content (AvgIpc) is 3.12. The summed E-state index contributed by atoms with van der Waals surface area (Å²) in [5.74, 6) is -0.683. The Morgan fingerprint density at radius 3 is 2.77 bits per heavy atom. The Morgan fingerprint density at radius 2 is 2.14 bits per heavy atom. The van der Waals surface area contributed by atoms with Crippen LogP contribution in [-0.4, -0.2) is 23.2 Å². The van der Waals surface area contributed by atoms with Crippen molar-refractivity contribution in [1.82, 2.24) is 14.8 Å². The number of aromatic nitrogens is 3. The normalized spacial score (nSPS) is 11.5. The van der Waals surface area contributed by atoms with E-state index in [1.807, 2.05) is 0 Å². The van der Waals surface area contributed by atoms with Crippen molar-refractivity contribution in [3.05, 3.63) is 53.7 Å². The Hall–Kier alpha value is -2.26. The number of anilines is 1. The summed E-state index contributed by atoms with van der Waals surface area (Å²) in [7, 11) is -3.90. The third-order valence-corrected chi connectivity index (χ3v) is 5.57. The molecule has 114 valence electrons. The molecule has 0 spiro atoms. The van der Waals surface area contributed by atoms with Gasteiger partial charge >= 0.3 is 0 Å². The molecule has 0 saturated carbocycles. The summed E-state index contributed by atoms with van der Waals surface area (Å²) in [5, 5.41) is 4.61. The van der Waals surface area contributed by atoms with E-state index in [2.05, 4.69) is 14.8 Å². The van der Waals surface area contributed by atoms with Crippen molar-refractivity contribution in [3.63, 3.8) is 0 Å². The maximum atomic E-state index is 14.1. The summed E-state index contributed by atoms with van der Waals surface area (Å²) < 4.78 is 42.5. The maximum absolute atomic E-state index is 14.1. The molecule has 0 aliphatic heterocycles. The Kier molecular flexibility index (Phi) is 3.67. The topological polar surface area (TPSA) is 76.9 Å². The third-order valence-electron chi connectivity index (χ3n) is 2.84. The molecule has 0 amide bonds. The van der Waals surface area contributed by atoms with Gasteiger partial charge in [0.25, 0.3) is 10.0 Å². The fourth-order valence-electron chi connectivity index (χ4n) is 1.87. The first-order chi connectivity index (χ1) is 10.5. The number of hydrogen-bond acceptors (Lipinski definition) is 5. The zero-order valence-corrected chi connectivity index (χ0v) is 13.0. The minimum absolute atomic E-state index is 0.0275. The van der Waals surface area contributed by atoms with Gasteiger partial charge in [-0.2, -0.15) is 5.10 Å². The quantitative estimate of drug-likeness (QED) is 0.793. The number of benzene rings is 1. The lowest BCUT2D eigenvalue weighted by atomic mass is 10.2. The molecule has 0 saturated heterocycles. The van der Waals surface area contributed by atoms with Crippen LogP contribution in [0, 0.1) is 12.7 Å². The van der Waals surface area contributed by atoms with Gasteiger partial charge in [0, 0.05) is 12.4 Å². The van der Waals surface area contributed by atoms with Gasteiger partial charge in [0.15, 0.2) is 4.21 Å². The van der Waals surface area contributed by atoms with Gasteiger partial charge in [-0.1, -0.05) is 6.07 Å². The van der Waals surface area contributed by atoms with Crippen molar-refractivity contribution in [2.24, 2.45) is 0 Å². The van der Waals surface area contributed by atoms with Crippen molar-refractivity contribution in [2.45, 2.75) is 11.1 Å². The third kappa shape index (κ3) is 2.72. The summed E-state index contributed by atoms with van der Waals surface area (Å²) in [6.45, 7) is 1.70. The van der Waals surface area contributed by atoms with Gasteiger partial charge in [-0.25, -0.2) is 22.5 Å². The Labute approximate surface area is 130 Å². The number of sulfonamides is 1. The molecule has 0 radical (unpaired) electrons. The highest BCUT2D eigenvalue weighted by Gasteiger charge is 2.21. The Bertz CT molecular complexity index is 904. The molecule has 1 N–H and O–H groups in total. The lowest BCUT2D eigenvalue weighted by molar-refractivity contribution is 0.600. The van der Waals surface area contributed by atoms with E-state index in [0.717, 1.165) is 11.3 Å². The van der Waals surface area contributed by atoms with Gasteiger partial charge in [-0.15, -0.1) is 11.3 Å². The number of nitrogens with zero attached hydrogens (tertiary/aromatic N) is 3. The van der Waals surface area contributed by atoms with Gasteiger partial charge in [-0.05, 0) is 25.1 Å². The van der Waals surface area contributed by atoms with E-state index in [0.29, 0.717) is 10.7 Å². The SMILES string of the molecule is Cc1ncc(S(=O)(=O)Nc2c(F)cccc2-n2cccn2)s1. The second-order valence-electron chi connectivity index (χ2n) is 4.39. The minimum atomic E-state index is -3.90. The van der Waals surface area contributed by atoms with E-state index in [1.54, 1.807) is 25.3 Å². The molecule has 2 heterocycles. The first-order valence-corrected chi connectivity index (χ1v) is 8.51. The molecule has 22 heavy (non-hydrogen) atoms. The standard InChI is InChI=1S/C13H11FN4O2S2/c1-9-15-8-12(21-9)22(19,20)17-13-10(14)4-2-5-11(13)18-7-3-6-16-18/h2-8,17H,1H3. The predicted molar refractivity (Wildman–Crippen MR) is 81.2 cm³/mol. The molecule has 0 atom stereocenters. The number of rotatable bonds is 4. The average molecular weight is 338 g/mol. The largest absolute Gasteiger partial charge is 0.274 e. The Morgan fingerprint density at radius 1 is 1.32 bits per heavy atom. The van der Waals surface area contributed by atoms with Crippen molar-refractivity contribution < 1.29 is 12.8 Å².